The largest absolute Gasteiger partial charge is 0.344 e. The first kappa shape index (κ1) is 19.5. The number of hydrogen-bond acceptors (Lipinski definition) is 4. The van der Waals surface area contributed by atoms with Crippen LogP contribution in [0.1, 0.15) is 35.8 Å². The molecule has 0 saturated carbocycles. The molecule has 0 saturated heterocycles. The fraction of sp³-hybridized carbons (Fsp3) is 0.261. The van der Waals surface area contributed by atoms with Gasteiger partial charge in [0.1, 0.15) is 5.69 Å². The van der Waals surface area contributed by atoms with Crippen LogP contribution in [0.2, 0.25) is 0 Å². The van der Waals surface area contributed by atoms with Crippen molar-refractivity contribution >= 4 is 17.5 Å². The Morgan fingerprint density at radius 3 is 2.32 bits per heavy atom. The van der Waals surface area contributed by atoms with E-state index in [-0.39, 0.29) is 5.91 Å². The van der Waals surface area contributed by atoms with E-state index >= 15 is 0 Å². The number of anilines is 2. The molecule has 0 N–H and O–H groups in total. The van der Waals surface area contributed by atoms with Crippen molar-refractivity contribution in [2.45, 2.75) is 26.3 Å². The van der Waals surface area contributed by atoms with Crippen LogP contribution < -0.4 is 9.80 Å². The van der Waals surface area contributed by atoms with E-state index in [1.807, 2.05) is 72.6 Å². The van der Waals surface area contributed by atoms with Crippen LogP contribution in [0.25, 0.3) is 0 Å². The zero-order valence-corrected chi connectivity index (χ0v) is 16.5. The number of carbonyl (C=O) groups is 1. The summed E-state index contributed by atoms with van der Waals surface area (Å²) >= 11 is 0. The number of unbranched alkanes of at least 4 members (excludes halogenated alkanes) is 1. The van der Waals surface area contributed by atoms with Crippen molar-refractivity contribution in [3.05, 3.63) is 84.2 Å². The van der Waals surface area contributed by atoms with Gasteiger partial charge in [-0.15, -0.1) is 0 Å². The zero-order valence-electron chi connectivity index (χ0n) is 16.5. The topological polar surface area (TPSA) is 49.3 Å². The molecule has 0 atom stereocenters. The summed E-state index contributed by atoms with van der Waals surface area (Å²) in [5.41, 5.74) is 2.30. The van der Waals surface area contributed by atoms with Gasteiger partial charge < -0.3 is 9.80 Å². The average molecular weight is 374 g/mol. The molecule has 0 unspecified atom stereocenters. The predicted octanol–water partition coefficient (Wildman–Crippen LogP) is 4.56. The van der Waals surface area contributed by atoms with Crippen molar-refractivity contribution in [1.29, 1.82) is 0 Å². The quantitative estimate of drug-likeness (QED) is 0.580. The molecule has 2 aromatic carbocycles. The summed E-state index contributed by atoms with van der Waals surface area (Å²) in [6, 6.07) is 21.4. The van der Waals surface area contributed by atoms with Gasteiger partial charge in [0.25, 0.3) is 5.91 Å². The van der Waals surface area contributed by atoms with Crippen LogP contribution in [0.3, 0.4) is 0 Å². The third kappa shape index (κ3) is 4.94. The van der Waals surface area contributed by atoms with Crippen LogP contribution in [0, 0.1) is 0 Å². The minimum absolute atomic E-state index is 0.136. The second-order valence-electron chi connectivity index (χ2n) is 6.73. The maximum absolute atomic E-state index is 13.4. The summed E-state index contributed by atoms with van der Waals surface area (Å²) < 4.78 is 0. The molecule has 1 aromatic heterocycles. The smallest absolute Gasteiger partial charge is 0.277 e. The number of aromatic nitrogens is 2. The van der Waals surface area contributed by atoms with E-state index in [2.05, 4.69) is 16.9 Å². The van der Waals surface area contributed by atoms with Crippen LogP contribution in [0.4, 0.5) is 11.6 Å². The van der Waals surface area contributed by atoms with E-state index in [0.29, 0.717) is 18.2 Å². The van der Waals surface area contributed by atoms with Gasteiger partial charge in [0.15, 0.2) is 0 Å². The Morgan fingerprint density at radius 2 is 1.64 bits per heavy atom. The van der Waals surface area contributed by atoms with Crippen molar-refractivity contribution in [3.8, 4) is 0 Å². The standard InChI is InChI=1S/C23H26N4O/c1-3-4-17-26(2)23-24-16-15-21(25-23)22(28)27(20-13-9-6-10-14-20)18-19-11-7-5-8-12-19/h5-16H,3-4,17-18H2,1-2H3. The van der Waals surface area contributed by atoms with Gasteiger partial charge in [-0.3, -0.25) is 4.79 Å². The SMILES string of the molecule is CCCCN(C)c1nccc(C(=O)N(Cc2ccccc2)c2ccccc2)n1. The fourth-order valence-corrected chi connectivity index (χ4v) is 2.94. The van der Waals surface area contributed by atoms with E-state index in [0.717, 1.165) is 30.6 Å². The van der Waals surface area contributed by atoms with Crippen molar-refractivity contribution in [3.63, 3.8) is 0 Å². The van der Waals surface area contributed by atoms with Crippen LogP contribution in [-0.2, 0) is 6.54 Å². The van der Waals surface area contributed by atoms with Gasteiger partial charge in [0.05, 0.1) is 6.54 Å². The Hall–Kier alpha value is -3.21. The molecule has 3 aromatic rings. The summed E-state index contributed by atoms with van der Waals surface area (Å²) in [6.07, 6.45) is 3.81. The first-order chi connectivity index (χ1) is 13.7. The minimum atomic E-state index is -0.136. The molecular formula is C23H26N4O. The van der Waals surface area contributed by atoms with Crippen LogP contribution in [0.5, 0.6) is 0 Å². The highest BCUT2D eigenvalue weighted by Crippen LogP contribution is 2.20. The predicted molar refractivity (Wildman–Crippen MR) is 114 cm³/mol. The van der Waals surface area contributed by atoms with E-state index in [1.165, 1.54) is 0 Å². The molecule has 0 aliphatic heterocycles. The Kier molecular flexibility index (Phi) is 6.73. The van der Waals surface area contributed by atoms with Gasteiger partial charge in [-0.1, -0.05) is 61.9 Å². The molecule has 1 heterocycles. The van der Waals surface area contributed by atoms with E-state index in [1.54, 1.807) is 17.2 Å². The van der Waals surface area contributed by atoms with E-state index in [9.17, 15) is 4.79 Å². The summed E-state index contributed by atoms with van der Waals surface area (Å²) in [7, 11) is 1.96. The van der Waals surface area contributed by atoms with Crippen molar-refractivity contribution in [2.24, 2.45) is 0 Å². The van der Waals surface area contributed by atoms with Crippen molar-refractivity contribution in [1.82, 2.24) is 9.97 Å². The average Bonchev–Trinajstić information content (AvgIpc) is 2.76. The van der Waals surface area contributed by atoms with Gasteiger partial charge >= 0.3 is 0 Å². The molecule has 1 amide bonds. The third-order valence-corrected chi connectivity index (χ3v) is 4.55. The summed E-state index contributed by atoms with van der Waals surface area (Å²) in [6.45, 7) is 3.49. The van der Waals surface area contributed by atoms with Crippen molar-refractivity contribution < 1.29 is 4.79 Å². The van der Waals surface area contributed by atoms with E-state index < -0.39 is 0 Å². The Bertz CT molecular complexity index is 883. The number of nitrogens with zero attached hydrogens (tertiary/aromatic N) is 4. The molecule has 0 spiro atoms. The van der Waals surface area contributed by atoms with Gasteiger partial charge in [-0.25, -0.2) is 9.97 Å². The summed E-state index contributed by atoms with van der Waals surface area (Å²) in [5.74, 6) is 0.439. The van der Waals surface area contributed by atoms with Gasteiger partial charge in [-0.2, -0.15) is 0 Å². The molecule has 28 heavy (non-hydrogen) atoms. The first-order valence-electron chi connectivity index (χ1n) is 9.64. The lowest BCUT2D eigenvalue weighted by atomic mass is 10.2. The maximum atomic E-state index is 13.4. The molecule has 0 radical (unpaired) electrons. The molecule has 3 rings (SSSR count). The Balaban J connectivity index is 1.89. The number of amides is 1. The number of carbonyl (C=O) groups excluding carboxylic acids is 1. The zero-order chi connectivity index (χ0) is 19.8. The second-order valence-corrected chi connectivity index (χ2v) is 6.73. The molecule has 5 heteroatoms. The van der Waals surface area contributed by atoms with Gasteiger partial charge in [-0.05, 0) is 30.2 Å². The van der Waals surface area contributed by atoms with Crippen LogP contribution >= 0.6 is 0 Å². The fourth-order valence-electron chi connectivity index (χ4n) is 2.94. The molecular weight excluding hydrogens is 348 g/mol. The molecule has 5 nitrogen and oxygen atoms in total. The Morgan fingerprint density at radius 1 is 0.964 bits per heavy atom. The molecule has 0 aliphatic carbocycles. The lowest BCUT2D eigenvalue weighted by Crippen LogP contribution is -2.32. The van der Waals surface area contributed by atoms with Crippen LogP contribution in [-0.4, -0.2) is 29.5 Å². The van der Waals surface area contributed by atoms with E-state index in [4.69, 9.17) is 0 Å². The lowest BCUT2D eigenvalue weighted by Gasteiger charge is -2.23. The van der Waals surface area contributed by atoms with Gasteiger partial charge in [0.2, 0.25) is 5.95 Å². The summed E-state index contributed by atoms with van der Waals surface area (Å²) in [5, 5.41) is 0. The highest BCUT2D eigenvalue weighted by molar-refractivity contribution is 6.04. The molecule has 0 fully saturated rings. The first-order valence-corrected chi connectivity index (χ1v) is 9.64. The number of benzene rings is 2. The number of rotatable bonds is 8. The maximum Gasteiger partial charge on any atom is 0.277 e. The van der Waals surface area contributed by atoms with Crippen molar-refractivity contribution in [2.75, 3.05) is 23.4 Å². The van der Waals surface area contributed by atoms with Crippen LogP contribution in [0.15, 0.2) is 72.9 Å². The Labute approximate surface area is 166 Å². The number of para-hydroxylation sites is 1. The van der Waals surface area contributed by atoms with Gasteiger partial charge in [0, 0.05) is 25.5 Å². The molecule has 144 valence electrons. The normalized spacial score (nSPS) is 10.5. The highest BCUT2D eigenvalue weighted by Gasteiger charge is 2.20. The highest BCUT2D eigenvalue weighted by atomic mass is 16.2. The summed E-state index contributed by atoms with van der Waals surface area (Å²) in [4.78, 5) is 26.0. The number of hydrogen-bond donors (Lipinski definition) is 0. The monoisotopic (exact) mass is 374 g/mol. The minimum Gasteiger partial charge on any atom is -0.344 e. The third-order valence-electron chi connectivity index (χ3n) is 4.55. The lowest BCUT2D eigenvalue weighted by molar-refractivity contribution is 0.0980. The molecule has 0 aliphatic rings. The second kappa shape index (κ2) is 9.65. The molecule has 0 bridgehead atoms.